The first-order chi connectivity index (χ1) is 21.9. The monoisotopic (exact) mass is 637 g/mol. The number of nitrogens with zero attached hydrogens (tertiary/aromatic N) is 8. The predicted octanol–water partition coefficient (Wildman–Crippen LogP) is 2.19. The third kappa shape index (κ3) is 6.06. The van der Waals surface area contributed by atoms with Crippen molar-refractivity contribution in [1.29, 1.82) is 0 Å². The number of hydrogen-bond acceptors (Lipinski definition) is 11. The smallest absolute Gasteiger partial charge is 0.395 e. The molecule has 7 rings (SSSR count). The summed E-state index contributed by atoms with van der Waals surface area (Å²) >= 11 is 0. The van der Waals surface area contributed by atoms with E-state index in [1.165, 1.54) is 18.5 Å². The maximum Gasteiger partial charge on any atom is 0.586 e. The third-order valence-electron chi connectivity index (χ3n) is 8.09. The van der Waals surface area contributed by atoms with E-state index in [4.69, 9.17) is 4.98 Å². The summed E-state index contributed by atoms with van der Waals surface area (Å²) in [4.78, 5) is 60.2. The quantitative estimate of drug-likeness (QED) is 0.439. The molecule has 3 amide bonds. The predicted molar refractivity (Wildman–Crippen MR) is 159 cm³/mol. The van der Waals surface area contributed by atoms with Crippen LogP contribution in [0.25, 0.3) is 0 Å². The van der Waals surface area contributed by atoms with Gasteiger partial charge in [-0.15, -0.1) is 8.78 Å². The highest BCUT2D eigenvalue weighted by Gasteiger charge is 2.43. The molecule has 16 heteroatoms. The Bertz CT molecular complexity index is 1700. The molecule has 0 atom stereocenters. The number of amides is 3. The second kappa shape index (κ2) is 12.0. The van der Waals surface area contributed by atoms with Gasteiger partial charge in [-0.3, -0.25) is 14.4 Å². The first-order valence-electron chi connectivity index (χ1n) is 14.8. The van der Waals surface area contributed by atoms with E-state index in [9.17, 15) is 23.2 Å². The number of anilines is 2. The molecular formula is C30H33F2N9O5. The molecule has 0 unspecified atom stereocenters. The Kier molecular flexibility index (Phi) is 8.04. The molecule has 1 fully saturated rings. The maximum absolute atomic E-state index is 13.4. The molecule has 1 saturated heterocycles. The number of aromatic nitrogens is 4. The van der Waals surface area contributed by atoms with E-state index in [0.29, 0.717) is 74.5 Å². The summed E-state index contributed by atoms with van der Waals surface area (Å²) < 4.78 is 36.0. The number of ether oxygens (including phenoxy) is 2. The van der Waals surface area contributed by atoms with Crippen molar-refractivity contribution < 1.29 is 32.6 Å². The molecule has 2 aromatic heterocycles. The normalized spacial score (nSPS) is 17.4. The Hall–Kier alpha value is -5.15. The van der Waals surface area contributed by atoms with Gasteiger partial charge in [-0.2, -0.15) is 4.98 Å². The zero-order chi connectivity index (χ0) is 32.7. The molecule has 0 radical (unpaired) electrons. The minimum atomic E-state index is -3.68. The Morgan fingerprint density at radius 3 is 2.52 bits per heavy atom. The van der Waals surface area contributed by atoms with Gasteiger partial charge in [-0.25, -0.2) is 15.0 Å². The minimum Gasteiger partial charge on any atom is -0.395 e. The Morgan fingerprint density at radius 1 is 1.09 bits per heavy atom. The van der Waals surface area contributed by atoms with E-state index in [1.54, 1.807) is 29.0 Å². The van der Waals surface area contributed by atoms with Crippen LogP contribution in [0, 0.1) is 0 Å². The first-order valence-corrected chi connectivity index (χ1v) is 14.8. The van der Waals surface area contributed by atoms with Gasteiger partial charge in [0.2, 0.25) is 11.9 Å². The number of carbonyl (C=O) groups excluding carboxylic acids is 3. The number of alkyl halides is 2. The molecule has 0 bridgehead atoms. The molecule has 0 aliphatic carbocycles. The van der Waals surface area contributed by atoms with Gasteiger partial charge in [-0.1, -0.05) is 6.07 Å². The molecule has 0 saturated carbocycles. The van der Waals surface area contributed by atoms with Gasteiger partial charge in [-0.05, 0) is 31.5 Å². The lowest BCUT2D eigenvalue weighted by Gasteiger charge is -2.34. The number of piperazine rings is 1. The zero-order valence-corrected chi connectivity index (χ0v) is 25.8. The van der Waals surface area contributed by atoms with E-state index < -0.39 is 6.29 Å². The van der Waals surface area contributed by atoms with Gasteiger partial charge in [0, 0.05) is 76.6 Å². The second-order valence-corrected chi connectivity index (χ2v) is 11.6. The molecule has 14 nitrogen and oxygen atoms in total. The van der Waals surface area contributed by atoms with Crippen molar-refractivity contribution in [3.8, 4) is 11.5 Å². The van der Waals surface area contributed by atoms with Crippen molar-refractivity contribution in [2.45, 2.75) is 52.7 Å². The van der Waals surface area contributed by atoms with Gasteiger partial charge < -0.3 is 34.4 Å². The molecule has 1 N–H and O–H groups in total. The van der Waals surface area contributed by atoms with Crippen LogP contribution < -0.4 is 24.6 Å². The highest BCUT2D eigenvalue weighted by Crippen LogP contribution is 2.41. The molecule has 4 aliphatic heterocycles. The van der Waals surface area contributed by atoms with Crippen LogP contribution in [0.4, 0.5) is 20.5 Å². The highest BCUT2D eigenvalue weighted by molar-refractivity contribution is 5.98. The SMILES string of the molecule is CC(=O)N1CCN(c2nc3c(c(N(C)Cc4ccc5c(c4)OC(F)(F)O5)n2)CN(C(C)C)C3=O)CC1.O=C1NCc2cncnc21. The average Bonchev–Trinajstić information content (AvgIpc) is 3.68. The Balaban J connectivity index is 0.000000314. The van der Waals surface area contributed by atoms with Gasteiger partial charge >= 0.3 is 6.29 Å². The largest absolute Gasteiger partial charge is 0.586 e. The van der Waals surface area contributed by atoms with Crippen molar-refractivity contribution in [3.63, 3.8) is 0 Å². The van der Waals surface area contributed by atoms with Crippen molar-refractivity contribution in [3.05, 3.63) is 58.8 Å². The fourth-order valence-electron chi connectivity index (χ4n) is 5.65. The van der Waals surface area contributed by atoms with Gasteiger partial charge in [0.25, 0.3) is 11.8 Å². The summed E-state index contributed by atoms with van der Waals surface area (Å²) in [6, 6.07) is 4.65. The number of rotatable bonds is 5. The topological polar surface area (TPSA) is 146 Å². The zero-order valence-electron chi connectivity index (χ0n) is 25.8. The van der Waals surface area contributed by atoms with Crippen LogP contribution in [-0.2, 0) is 24.4 Å². The summed E-state index contributed by atoms with van der Waals surface area (Å²) in [7, 11) is 1.84. The van der Waals surface area contributed by atoms with Crippen LogP contribution in [0.15, 0.2) is 30.7 Å². The number of benzene rings is 1. The van der Waals surface area contributed by atoms with E-state index >= 15 is 0 Å². The maximum atomic E-state index is 13.4. The van der Waals surface area contributed by atoms with Gasteiger partial charge in [0.15, 0.2) is 11.5 Å². The highest BCUT2D eigenvalue weighted by atomic mass is 19.3. The van der Waals surface area contributed by atoms with Crippen LogP contribution in [0.2, 0.25) is 0 Å². The van der Waals surface area contributed by atoms with Crippen LogP contribution in [0.5, 0.6) is 11.5 Å². The molecular weight excluding hydrogens is 604 g/mol. The molecule has 3 aromatic rings. The summed E-state index contributed by atoms with van der Waals surface area (Å²) in [6.45, 7) is 8.94. The molecule has 46 heavy (non-hydrogen) atoms. The lowest BCUT2D eigenvalue weighted by atomic mass is 10.1. The van der Waals surface area contributed by atoms with Crippen molar-refractivity contribution in [1.82, 2.24) is 35.1 Å². The van der Waals surface area contributed by atoms with E-state index in [2.05, 4.69) is 29.7 Å². The Labute approximate surface area is 263 Å². The van der Waals surface area contributed by atoms with Crippen molar-refractivity contribution in [2.75, 3.05) is 43.0 Å². The number of fused-ring (bicyclic) bond motifs is 3. The van der Waals surface area contributed by atoms with Crippen molar-refractivity contribution >= 4 is 29.5 Å². The number of hydrogen-bond donors (Lipinski definition) is 1. The summed E-state index contributed by atoms with van der Waals surface area (Å²) in [6.07, 6.45) is -0.647. The van der Waals surface area contributed by atoms with E-state index in [0.717, 1.165) is 11.1 Å². The molecule has 4 aliphatic rings. The molecule has 242 valence electrons. The summed E-state index contributed by atoms with van der Waals surface area (Å²) in [5.74, 6) is 0.771. The van der Waals surface area contributed by atoms with Gasteiger partial charge in [0.05, 0.1) is 6.54 Å². The van der Waals surface area contributed by atoms with Crippen molar-refractivity contribution in [2.24, 2.45) is 0 Å². The third-order valence-corrected chi connectivity index (χ3v) is 8.09. The molecule has 0 spiro atoms. The lowest BCUT2D eigenvalue weighted by Crippen LogP contribution is -2.48. The molecule has 1 aromatic carbocycles. The molecule has 6 heterocycles. The van der Waals surface area contributed by atoms with E-state index in [-0.39, 0.29) is 35.3 Å². The number of carbonyl (C=O) groups is 3. The van der Waals surface area contributed by atoms with Gasteiger partial charge in [0.1, 0.15) is 23.5 Å². The van der Waals surface area contributed by atoms with E-state index in [1.807, 2.05) is 30.7 Å². The standard InChI is InChI=1S/C24H28F2N6O4.C6H5N3O/c1-14(2)32-13-17-20(22(32)34)27-23(31-9-7-30(8-10-31)15(3)33)28-21(17)29(4)12-16-5-6-18-19(11-16)36-24(25,26)35-18;10-6-5-4(2-8-6)1-7-3-9-5/h5-6,11,14H,7-10,12-13H2,1-4H3;1,3H,2H2,(H,8,10). The Morgan fingerprint density at radius 2 is 1.83 bits per heavy atom. The summed E-state index contributed by atoms with van der Waals surface area (Å²) in [5, 5.41) is 2.64. The second-order valence-electron chi connectivity index (χ2n) is 11.6. The first kappa shape index (κ1) is 30.9. The van der Waals surface area contributed by atoms with Crippen LogP contribution >= 0.6 is 0 Å². The fraction of sp³-hybridized carbons (Fsp3) is 0.433. The van der Waals surface area contributed by atoms with Crippen LogP contribution in [0.3, 0.4) is 0 Å². The average molecular weight is 638 g/mol. The number of halogens is 2. The fourth-order valence-corrected chi connectivity index (χ4v) is 5.65. The lowest BCUT2D eigenvalue weighted by molar-refractivity contribution is -0.286. The number of nitrogens with one attached hydrogen (secondary N) is 1. The minimum absolute atomic E-state index is 0.0112. The summed E-state index contributed by atoms with van der Waals surface area (Å²) in [5.41, 5.74) is 3.21. The van der Waals surface area contributed by atoms with Crippen LogP contribution in [0.1, 0.15) is 58.4 Å². The van der Waals surface area contributed by atoms with Crippen LogP contribution in [-0.4, -0.2) is 93.0 Å².